The number of benzene rings is 2. The van der Waals surface area contributed by atoms with E-state index < -0.39 is 0 Å². The number of halogens is 1. The molecule has 126 valence electrons. The minimum absolute atomic E-state index is 0.156. The summed E-state index contributed by atoms with van der Waals surface area (Å²) in [6, 6.07) is 16.8. The summed E-state index contributed by atoms with van der Waals surface area (Å²) in [7, 11) is 0. The summed E-state index contributed by atoms with van der Waals surface area (Å²) in [6.07, 6.45) is 3.37. The summed E-state index contributed by atoms with van der Waals surface area (Å²) in [5.41, 5.74) is 2.28. The molecule has 1 aliphatic heterocycles. The van der Waals surface area contributed by atoms with Gasteiger partial charge in [0.15, 0.2) is 0 Å². The maximum absolute atomic E-state index is 12.9. The van der Waals surface area contributed by atoms with E-state index in [4.69, 9.17) is 0 Å². The van der Waals surface area contributed by atoms with Crippen LogP contribution in [0.5, 0.6) is 0 Å². The minimum Gasteiger partial charge on any atom is -0.303 e. The Labute approximate surface area is 143 Å². The van der Waals surface area contributed by atoms with Crippen molar-refractivity contribution in [1.29, 1.82) is 0 Å². The van der Waals surface area contributed by atoms with Crippen LogP contribution in [0.3, 0.4) is 0 Å². The van der Waals surface area contributed by atoms with Gasteiger partial charge in [-0.05, 0) is 55.6 Å². The number of ketones is 1. The quantitative estimate of drug-likeness (QED) is 0.803. The average molecular weight is 325 g/mol. The zero-order valence-corrected chi connectivity index (χ0v) is 14.0. The first-order valence-corrected chi connectivity index (χ1v) is 8.74. The normalized spacial score (nSPS) is 16.2. The Balaban J connectivity index is 1.42. The lowest BCUT2D eigenvalue weighted by molar-refractivity contribution is -0.123. The summed E-state index contributed by atoms with van der Waals surface area (Å²) in [5.74, 6) is 0.199. The molecule has 0 saturated carbocycles. The van der Waals surface area contributed by atoms with Crippen LogP contribution in [0.15, 0.2) is 54.6 Å². The third-order valence-corrected chi connectivity index (χ3v) is 4.89. The van der Waals surface area contributed by atoms with E-state index in [0.717, 1.165) is 44.5 Å². The van der Waals surface area contributed by atoms with Crippen LogP contribution in [0, 0.1) is 11.7 Å². The average Bonchev–Trinajstić information content (AvgIpc) is 2.63. The molecule has 1 fully saturated rings. The number of likely N-dealkylation sites (tertiary alicyclic amines) is 1. The molecule has 0 amide bonds. The number of piperidine rings is 1. The SMILES string of the molecule is O=C(Cc1ccc(F)cc1)C1CCN(CCc2ccccc2)CC1. The molecule has 0 bridgehead atoms. The Bertz CT molecular complexity index is 645. The zero-order valence-electron chi connectivity index (χ0n) is 14.0. The maximum Gasteiger partial charge on any atom is 0.140 e. The van der Waals surface area contributed by atoms with Gasteiger partial charge in [-0.1, -0.05) is 42.5 Å². The van der Waals surface area contributed by atoms with Crippen molar-refractivity contribution in [1.82, 2.24) is 4.90 Å². The molecule has 2 aromatic rings. The highest BCUT2D eigenvalue weighted by atomic mass is 19.1. The van der Waals surface area contributed by atoms with E-state index in [1.165, 1.54) is 17.7 Å². The highest BCUT2D eigenvalue weighted by Gasteiger charge is 2.24. The molecule has 24 heavy (non-hydrogen) atoms. The first kappa shape index (κ1) is 16.8. The van der Waals surface area contributed by atoms with Gasteiger partial charge in [-0.3, -0.25) is 4.79 Å². The molecule has 0 atom stereocenters. The van der Waals surface area contributed by atoms with Gasteiger partial charge in [0.05, 0.1) is 0 Å². The standard InChI is InChI=1S/C21H24FNO/c22-20-8-6-18(7-9-20)16-21(24)19-11-14-23(15-12-19)13-10-17-4-2-1-3-5-17/h1-9,19H,10-16H2. The van der Waals surface area contributed by atoms with Gasteiger partial charge in [-0.2, -0.15) is 0 Å². The maximum atomic E-state index is 12.9. The Kier molecular flexibility index (Phi) is 5.76. The molecule has 3 heteroatoms. The van der Waals surface area contributed by atoms with Gasteiger partial charge in [0.1, 0.15) is 11.6 Å². The lowest BCUT2D eigenvalue weighted by Gasteiger charge is -2.31. The minimum atomic E-state index is -0.252. The molecule has 3 rings (SSSR count). The highest BCUT2D eigenvalue weighted by molar-refractivity contribution is 5.83. The largest absolute Gasteiger partial charge is 0.303 e. The topological polar surface area (TPSA) is 20.3 Å². The van der Waals surface area contributed by atoms with Crippen molar-refractivity contribution >= 4 is 5.78 Å². The van der Waals surface area contributed by atoms with Crippen LogP contribution < -0.4 is 0 Å². The molecule has 0 radical (unpaired) electrons. The molecule has 0 N–H and O–H groups in total. The van der Waals surface area contributed by atoms with Gasteiger partial charge in [0.2, 0.25) is 0 Å². The Morgan fingerprint density at radius 2 is 1.62 bits per heavy atom. The van der Waals surface area contributed by atoms with Crippen molar-refractivity contribution in [3.05, 3.63) is 71.5 Å². The van der Waals surface area contributed by atoms with Crippen LogP contribution in [0.4, 0.5) is 4.39 Å². The molecular formula is C21H24FNO. The van der Waals surface area contributed by atoms with Gasteiger partial charge in [0.25, 0.3) is 0 Å². The van der Waals surface area contributed by atoms with Crippen LogP contribution in [-0.2, 0) is 17.6 Å². The molecular weight excluding hydrogens is 301 g/mol. The smallest absolute Gasteiger partial charge is 0.140 e. The van der Waals surface area contributed by atoms with E-state index in [1.807, 2.05) is 6.07 Å². The zero-order chi connectivity index (χ0) is 16.8. The monoisotopic (exact) mass is 325 g/mol. The first-order chi connectivity index (χ1) is 11.7. The van der Waals surface area contributed by atoms with Crippen molar-refractivity contribution in [3.8, 4) is 0 Å². The van der Waals surface area contributed by atoms with Crippen molar-refractivity contribution < 1.29 is 9.18 Å². The van der Waals surface area contributed by atoms with Gasteiger partial charge in [0, 0.05) is 18.9 Å². The molecule has 0 aliphatic carbocycles. The molecule has 1 aliphatic rings. The number of nitrogens with zero attached hydrogens (tertiary/aromatic N) is 1. The number of Topliss-reactive ketones (excluding diaryl/α,β-unsaturated/α-hetero) is 1. The number of rotatable bonds is 6. The van der Waals surface area contributed by atoms with Crippen molar-refractivity contribution in [2.45, 2.75) is 25.7 Å². The van der Waals surface area contributed by atoms with Crippen molar-refractivity contribution in [3.63, 3.8) is 0 Å². The number of carbonyl (C=O) groups excluding carboxylic acids is 1. The van der Waals surface area contributed by atoms with Gasteiger partial charge < -0.3 is 4.90 Å². The third kappa shape index (κ3) is 4.75. The van der Waals surface area contributed by atoms with Crippen LogP contribution in [0.1, 0.15) is 24.0 Å². The summed E-state index contributed by atoms with van der Waals surface area (Å²) in [4.78, 5) is 14.9. The molecule has 0 aromatic heterocycles. The fraction of sp³-hybridized carbons (Fsp3) is 0.381. The Morgan fingerprint density at radius 1 is 0.958 bits per heavy atom. The number of hydrogen-bond donors (Lipinski definition) is 0. The van der Waals surface area contributed by atoms with E-state index in [0.29, 0.717) is 12.2 Å². The molecule has 1 heterocycles. The summed E-state index contributed by atoms with van der Waals surface area (Å²) < 4.78 is 12.9. The molecule has 2 nitrogen and oxygen atoms in total. The lowest BCUT2D eigenvalue weighted by Crippen LogP contribution is -2.37. The van der Waals surface area contributed by atoms with E-state index >= 15 is 0 Å². The number of carbonyl (C=O) groups is 1. The second-order valence-electron chi connectivity index (χ2n) is 6.62. The Morgan fingerprint density at radius 3 is 2.29 bits per heavy atom. The second kappa shape index (κ2) is 8.20. The lowest BCUT2D eigenvalue weighted by atomic mass is 9.89. The van der Waals surface area contributed by atoms with Crippen LogP contribution in [0.25, 0.3) is 0 Å². The first-order valence-electron chi connectivity index (χ1n) is 8.74. The van der Waals surface area contributed by atoms with Gasteiger partial charge >= 0.3 is 0 Å². The second-order valence-corrected chi connectivity index (χ2v) is 6.62. The molecule has 0 spiro atoms. The summed E-state index contributed by atoms with van der Waals surface area (Å²) >= 11 is 0. The van der Waals surface area contributed by atoms with E-state index in [2.05, 4.69) is 29.2 Å². The molecule has 2 aromatic carbocycles. The number of hydrogen-bond acceptors (Lipinski definition) is 2. The Hall–Kier alpha value is -2.00. The van der Waals surface area contributed by atoms with Crippen LogP contribution in [-0.4, -0.2) is 30.3 Å². The predicted molar refractivity (Wildman–Crippen MR) is 94.4 cm³/mol. The van der Waals surface area contributed by atoms with E-state index in [1.54, 1.807) is 12.1 Å². The van der Waals surface area contributed by atoms with Crippen LogP contribution in [0.2, 0.25) is 0 Å². The molecule has 0 unspecified atom stereocenters. The molecule has 1 saturated heterocycles. The van der Waals surface area contributed by atoms with E-state index in [9.17, 15) is 9.18 Å². The summed E-state index contributed by atoms with van der Waals surface area (Å²) in [6.45, 7) is 3.04. The summed E-state index contributed by atoms with van der Waals surface area (Å²) in [5, 5.41) is 0. The predicted octanol–water partition coefficient (Wildman–Crippen LogP) is 3.89. The van der Waals surface area contributed by atoms with Crippen LogP contribution >= 0.6 is 0 Å². The fourth-order valence-electron chi connectivity index (χ4n) is 3.36. The third-order valence-electron chi connectivity index (χ3n) is 4.89. The van der Waals surface area contributed by atoms with E-state index in [-0.39, 0.29) is 11.7 Å². The highest BCUT2D eigenvalue weighted by Crippen LogP contribution is 2.20. The van der Waals surface area contributed by atoms with Gasteiger partial charge in [-0.25, -0.2) is 4.39 Å². The van der Waals surface area contributed by atoms with Gasteiger partial charge in [-0.15, -0.1) is 0 Å². The fourth-order valence-corrected chi connectivity index (χ4v) is 3.36. The van der Waals surface area contributed by atoms with Crippen molar-refractivity contribution in [2.75, 3.05) is 19.6 Å². The van der Waals surface area contributed by atoms with Crippen molar-refractivity contribution in [2.24, 2.45) is 5.92 Å².